The topological polar surface area (TPSA) is 148 Å². The van der Waals surface area contributed by atoms with Crippen molar-refractivity contribution in [1.82, 2.24) is 30.6 Å². The molecule has 422 valence electrons. The lowest BCUT2D eigenvalue weighted by Gasteiger charge is -2.26. The minimum Gasteiger partial charge on any atom is -0.457 e. The fourth-order valence-corrected chi connectivity index (χ4v) is 9.55. The molecule has 85 heavy (non-hydrogen) atoms. The summed E-state index contributed by atoms with van der Waals surface area (Å²) in [7, 11) is 0. The third-order valence-electron chi connectivity index (χ3n) is 14.6. The molecule has 3 aromatic heterocycles. The Kier molecular flexibility index (Phi) is 14.8. The van der Waals surface area contributed by atoms with Crippen molar-refractivity contribution in [2.75, 3.05) is 4.90 Å². The minimum absolute atomic E-state index is 0.0472. The van der Waals surface area contributed by atoms with Gasteiger partial charge in [-0.05, 0) is 215 Å². The van der Waals surface area contributed by atoms with Crippen molar-refractivity contribution < 1.29 is 27.5 Å². The molecule has 13 nitrogen and oxygen atoms in total. The molecule has 13 heteroatoms. The molecule has 0 atom stereocenters. The zero-order chi connectivity index (χ0) is 58.9. The second-order valence-electron chi connectivity index (χ2n) is 23.9. The Morgan fingerprint density at radius 3 is 0.576 bits per heavy atom. The van der Waals surface area contributed by atoms with E-state index in [9.17, 15) is 0 Å². The van der Waals surface area contributed by atoms with Crippen LogP contribution in [0.25, 0.3) is 68.7 Å². The SMILES string of the molecule is CC(C)(C)c1ccc(-c2nnc(-c3ccc(Oc4ccc(N(c5ccc(Oc6ccc(-c7nnc(-c8ccc(C(C)(C)C)cc8)o7)cc6)cc5)c5ccc(Oc6ccc(-c7nnc(-c8ccc(C(C)(C)C)cc8)o7)cc6)cc5)cc4)cc3)o2)cc1. The smallest absolute Gasteiger partial charge is 0.248 e. The first-order valence-electron chi connectivity index (χ1n) is 28.2. The van der Waals surface area contributed by atoms with Crippen molar-refractivity contribution >= 4 is 17.1 Å². The first kappa shape index (κ1) is 55.2. The summed E-state index contributed by atoms with van der Waals surface area (Å²) in [4.78, 5) is 2.16. The Morgan fingerprint density at radius 2 is 0.400 bits per heavy atom. The summed E-state index contributed by atoms with van der Waals surface area (Å²) < 4.78 is 37.4. The van der Waals surface area contributed by atoms with Gasteiger partial charge in [0.1, 0.15) is 34.5 Å². The number of benzene rings is 9. The fourth-order valence-electron chi connectivity index (χ4n) is 9.55. The normalized spacial score (nSPS) is 11.8. The average molecular weight is 1120 g/mol. The Bertz CT molecular complexity index is 3750. The van der Waals surface area contributed by atoms with Gasteiger partial charge in [-0.1, -0.05) is 98.7 Å². The molecule has 0 spiro atoms. The Morgan fingerprint density at radius 1 is 0.235 bits per heavy atom. The molecule has 0 unspecified atom stereocenters. The minimum atomic E-state index is 0.0472. The number of rotatable bonds is 15. The van der Waals surface area contributed by atoms with Crippen molar-refractivity contribution in [3.8, 4) is 103 Å². The highest BCUT2D eigenvalue weighted by molar-refractivity contribution is 5.77. The van der Waals surface area contributed by atoms with Gasteiger partial charge in [-0.15, -0.1) is 30.6 Å². The zero-order valence-electron chi connectivity index (χ0n) is 48.9. The van der Waals surface area contributed by atoms with Crippen molar-refractivity contribution in [1.29, 1.82) is 0 Å². The van der Waals surface area contributed by atoms with E-state index in [1.807, 2.05) is 182 Å². The zero-order valence-corrected chi connectivity index (χ0v) is 48.9. The van der Waals surface area contributed by atoms with Crippen LogP contribution in [-0.4, -0.2) is 30.6 Å². The predicted octanol–water partition coefficient (Wildman–Crippen LogP) is 19.6. The van der Waals surface area contributed by atoms with Gasteiger partial charge in [0, 0.05) is 50.4 Å². The van der Waals surface area contributed by atoms with Crippen LogP contribution in [-0.2, 0) is 16.2 Å². The van der Waals surface area contributed by atoms with Crippen molar-refractivity contribution in [3.63, 3.8) is 0 Å². The van der Waals surface area contributed by atoms with Crippen LogP contribution in [0.2, 0.25) is 0 Å². The lowest BCUT2D eigenvalue weighted by atomic mass is 9.87. The summed E-state index contributed by atoms with van der Waals surface area (Å²) in [5, 5.41) is 26.0. The molecule has 0 fully saturated rings. The molecule has 0 N–H and O–H groups in total. The maximum atomic E-state index is 6.36. The molecule has 0 aliphatic rings. The maximum Gasteiger partial charge on any atom is 0.248 e. The fraction of sp³-hybridized carbons (Fsp3) is 0.167. The van der Waals surface area contributed by atoms with Crippen LogP contribution < -0.4 is 19.1 Å². The number of anilines is 3. The predicted molar refractivity (Wildman–Crippen MR) is 333 cm³/mol. The van der Waals surface area contributed by atoms with Gasteiger partial charge in [-0.2, -0.15) is 0 Å². The van der Waals surface area contributed by atoms with Gasteiger partial charge < -0.3 is 32.4 Å². The van der Waals surface area contributed by atoms with Crippen LogP contribution in [0.5, 0.6) is 34.5 Å². The summed E-state index contributed by atoms with van der Waals surface area (Å²) >= 11 is 0. The average Bonchev–Trinajstić information content (AvgIpc) is 4.50. The summed E-state index contributed by atoms with van der Waals surface area (Å²) in [6, 6.07) is 71.4. The quantitative estimate of drug-likeness (QED) is 0.0960. The summed E-state index contributed by atoms with van der Waals surface area (Å²) in [6.07, 6.45) is 0. The molecule has 0 radical (unpaired) electrons. The van der Waals surface area contributed by atoms with E-state index in [1.165, 1.54) is 16.7 Å². The van der Waals surface area contributed by atoms with Crippen LogP contribution in [0, 0.1) is 0 Å². The van der Waals surface area contributed by atoms with Gasteiger partial charge >= 0.3 is 0 Å². The molecule has 12 aromatic rings. The third kappa shape index (κ3) is 12.7. The second kappa shape index (κ2) is 22.7. The Balaban J connectivity index is 0.743. The van der Waals surface area contributed by atoms with E-state index in [2.05, 4.69) is 134 Å². The molecular weight excluding hydrogens is 1060 g/mol. The maximum absolute atomic E-state index is 6.36. The van der Waals surface area contributed by atoms with E-state index < -0.39 is 0 Å². The second-order valence-corrected chi connectivity index (χ2v) is 23.9. The van der Waals surface area contributed by atoms with Gasteiger partial charge in [0.05, 0.1) is 0 Å². The van der Waals surface area contributed by atoms with Crippen LogP contribution in [0.1, 0.15) is 79.0 Å². The van der Waals surface area contributed by atoms with Crippen LogP contribution in [0.3, 0.4) is 0 Å². The van der Waals surface area contributed by atoms with Gasteiger partial charge in [0.25, 0.3) is 0 Å². The molecule has 0 aliphatic carbocycles. The van der Waals surface area contributed by atoms with Crippen LogP contribution in [0.4, 0.5) is 17.1 Å². The van der Waals surface area contributed by atoms with E-state index in [4.69, 9.17) is 27.5 Å². The van der Waals surface area contributed by atoms with Gasteiger partial charge in [-0.3, -0.25) is 0 Å². The molecule has 0 aliphatic heterocycles. The molecule has 12 rings (SSSR count). The van der Waals surface area contributed by atoms with E-state index in [0.29, 0.717) is 69.8 Å². The van der Waals surface area contributed by atoms with Crippen molar-refractivity contribution in [3.05, 3.63) is 235 Å². The lowest BCUT2D eigenvalue weighted by Crippen LogP contribution is -2.10. The molecule has 0 saturated carbocycles. The highest BCUT2D eigenvalue weighted by Crippen LogP contribution is 2.40. The van der Waals surface area contributed by atoms with E-state index in [-0.39, 0.29) is 16.2 Å². The first-order valence-corrected chi connectivity index (χ1v) is 28.2. The molecule has 9 aromatic carbocycles. The van der Waals surface area contributed by atoms with Crippen LogP contribution >= 0.6 is 0 Å². The molecule has 0 amide bonds. The number of hydrogen-bond donors (Lipinski definition) is 0. The van der Waals surface area contributed by atoms with Gasteiger partial charge in [-0.25, -0.2) is 0 Å². The summed E-state index contributed by atoms with van der Waals surface area (Å²) in [6.45, 7) is 19.7. The molecular formula is C72H63N7O6. The highest BCUT2D eigenvalue weighted by atomic mass is 16.5. The van der Waals surface area contributed by atoms with Gasteiger partial charge in [0.15, 0.2) is 0 Å². The van der Waals surface area contributed by atoms with Gasteiger partial charge in [0.2, 0.25) is 35.3 Å². The number of aromatic nitrogens is 6. The number of hydrogen-bond acceptors (Lipinski definition) is 13. The highest BCUT2D eigenvalue weighted by Gasteiger charge is 2.21. The first-order chi connectivity index (χ1) is 40.9. The molecule has 0 saturated heterocycles. The van der Waals surface area contributed by atoms with Crippen LogP contribution in [0.15, 0.2) is 232 Å². The molecule has 0 bridgehead atoms. The Hall–Kier alpha value is -10.4. The van der Waals surface area contributed by atoms with E-state index in [1.54, 1.807) is 0 Å². The summed E-state index contributed by atoms with van der Waals surface area (Å²) in [5.41, 5.74) is 11.5. The van der Waals surface area contributed by atoms with Crippen molar-refractivity contribution in [2.45, 2.75) is 78.6 Å². The summed E-state index contributed by atoms with van der Waals surface area (Å²) in [5.74, 6) is 6.64. The lowest BCUT2D eigenvalue weighted by molar-refractivity contribution is 0.482. The third-order valence-corrected chi connectivity index (χ3v) is 14.6. The van der Waals surface area contributed by atoms with E-state index in [0.717, 1.165) is 50.4 Å². The molecule has 3 heterocycles. The standard InChI is InChI=1S/C72H63N7O6/c1-70(2,3)52-22-10-46(11-23-52)64-73-76-67(83-64)49-16-34-58(35-17-49)80-61-40-28-55(29-41-61)79(56-30-42-62(43-31-56)81-59-36-18-50(19-37-59)68-77-74-65(84-68)47-12-24-53(25-13-47)71(4,5)6)57-32-44-63(45-33-57)82-60-38-20-51(21-39-60)69-78-75-66(85-69)48-14-26-54(27-15-48)72(7,8)9/h10-45H,1-9H3. The van der Waals surface area contributed by atoms with Crippen molar-refractivity contribution in [2.24, 2.45) is 0 Å². The Labute approximate surface area is 494 Å². The number of nitrogens with zero attached hydrogens (tertiary/aromatic N) is 7. The largest absolute Gasteiger partial charge is 0.457 e. The monoisotopic (exact) mass is 1120 g/mol. The number of ether oxygens (including phenoxy) is 3. The van der Waals surface area contributed by atoms with E-state index >= 15 is 0 Å².